The van der Waals surface area contributed by atoms with Crippen LogP contribution in [0.15, 0.2) is 0 Å². The summed E-state index contributed by atoms with van der Waals surface area (Å²) in [6, 6.07) is 0. The van der Waals surface area contributed by atoms with Gasteiger partial charge in [-0.25, -0.2) is 0 Å². The number of hydrogen-bond donors (Lipinski definition) is 0. The molecule has 458 valence electrons. The molecule has 0 aliphatic heterocycles. The first-order chi connectivity index (χ1) is 37.5. The fourth-order valence-corrected chi connectivity index (χ4v) is 15.4. The molecule has 0 aliphatic rings. The predicted octanol–water partition coefficient (Wildman–Crippen LogP) is 29.5. The summed E-state index contributed by atoms with van der Waals surface area (Å²) in [6.45, 7) is 19.3. The summed E-state index contributed by atoms with van der Waals surface area (Å²) in [5, 5.41) is 0. The van der Waals surface area contributed by atoms with Crippen LogP contribution in [-0.4, -0.2) is 0 Å². The van der Waals surface area contributed by atoms with Gasteiger partial charge in [0.05, 0.1) is 0 Å². The van der Waals surface area contributed by atoms with E-state index in [9.17, 15) is 0 Å². The average Bonchev–Trinajstić information content (AvgIpc) is 3.46. The third kappa shape index (κ3) is 40.2. The van der Waals surface area contributed by atoms with E-state index >= 15 is 0 Å². The van der Waals surface area contributed by atoms with Gasteiger partial charge in [0, 0.05) is 0 Å². The Morgan fingerprint density at radius 3 is 0.368 bits per heavy atom. The van der Waals surface area contributed by atoms with Crippen molar-refractivity contribution < 1.29 is 0 Å². The Hall–Kier alpha value is 0. The predicted molar refractivity (Wildman–Crippen MR) is 353 cm³/mol. The summed E-state index contributed by atoms with van der Waals surface area (Å²) in [5.41, 5.74) is 1.47. The van der Waals surface area contributed by atoms with Gasteiger partial charge in [0.25, 0.3) is 0 Å². The van der Waals surface area contributed by atoms with E-state index in [0.29, 0.717) is 16.2 Å². The highest BCUT2D eigenvalue weighted by atomic mass is 14.6. The normalized spacial score (nSPS) is 14.4. The average molecular weight is 1070 g/mol. The van der Waals surface area contributed by atoms with Crippen molar-refractivity contribution in [3.8, 4) is 0 Å². The summed E-state index contributed by atoms with van der Waals surface area (Å²) >= 11 is 0. The zero-order valence-corrected chi connectivity index (χ0v) is 55.5. The Balaban J connectivity index is 8.12. The van der Waals surface area contributed by atoms with Crippen molar-refractivity contribution in [2.45, 2.75) is 473 Å². The monoisotopic (exact) mass is 1070 g/mol. The molecule has 0 aliphatic carbocycles. The minimum atomic E-state index is 0.479. The minimum Gasteiger partial charge on any atom is -0.0654 e. The molecule has 0 bridgehead atoms. The maximum absolute atomic E-state index is 2.48. The van der Waals surface area contributed by atoms with E-state index in [4.69, 9.17) is 0 Å². The van der Waals surface area contributed by atoms with Crippen LogP contribution in [0.2, 0.25) is 0 Å². The van der Waals surface area contributed by atoms with Gasteiger partial charge < -0.3 is 0 Å². The van der Waals surface area contributed by atoms with Crippen molar-refractivity contribution in [2.24, 2.45) is 16.2 Å². The molecule has 0 aromatic heterocycles. The molecular formula is C76H154. The fourth-order valence-electron chi connectivity index (χ4n) is 15.4. The molecule has 0 radical (unpaired) electrons. The quantitative estimate of drug-likeness (QED) is 0.0533. The second kappa shape index (κ2) is 59.6. The van der Waals surface area contributed by atoms with Crippen LogP contribution in [0.1, 0.15) is 473 Å². The van der Waals surface area contributed by atoms with E-state index in [-0.39, 0.29) is 0 Å². The summed E-state index contributed by atoms with van der Waals surface area (Å²) in [6.07, 6.45) is 96.4. The van der Waals surface area contributed by atoms with Crippen molar-refractivity contribution in [1.29, 1.82) is 0 Å². The molecule has 0 heterocycles. The van der Waals surface area contributed by atoms with Crippen LogP contribution in [0.4, 0.5) is 0 Å². The van der Waals surface area contributed by atoms with Crippen LogP contribution < -0.4 is 0 Å². The van der Waals surface area contributed by atoms with Gasteiger partial charge in [-0.3, -0.25) is 0 Å². The molecule has 0 N–H and O–H groups in total. The van der Waals surface area contributed by atoms with E-state index < -0.39 is 0 Å². The second-order valence-electron chi connectivity index (χ2n) is 27.0. The van der Waals surface area contributed by atoms with Gasteiger partial charge >= 0.3 is 0 Å². The Labute approximate surface area is 486 Å². The molecule has 0 aromatic carbocycles. The van der Waals surface area contributed by atoms with Crippen LogP contribution in [-0.2, 0) is 0 Å². The maximum atomic E-state index is 2.48. The standard InChI is InChI=1S/C76H154/c1-9-17-25-33-39-43-45-50-55-63-71-75(69-61-53-48-42-36-28-20-12-4,70-62-54-49-44-40-34-26-18-10-2)76(72-64-56-38-30-22-14-6,73-65-57-46-37-29-21-13-5)74(66-58-32-24-16-8,67-59-51-31-23-15-7)68-60-52-47-41-35-27-19-11-3/h9-73H2,1-8H3. The molecule has 0 fully saturated rings. The summed E-state index contributed by atoms with van der Waals surface area (Å²) in [4.78, 5) is 0. The third-order valence-corrected chi connectivity index (χ3v) is 20.2. The van der Waals surface area contributed by atoms with E-state index in [2.05, 4.69) is 55.4 Å². The molecular weight excluding hydrogens is 913 g/mol. The van der Waals surface area contributed by atoms with E-state index in [1.54, 1.807) is 51.4 Å². The van der Waals surface area contributed by atoms with Gasteiger partial charge in [-0.05, 0) is 67.6 Å². The Morgan fingerprint density at radius 2 is 0.224 bits per heavy atom. The van der Waals surface area contributed by atoms with Crippen LogP contribution in [0.25, 0.3) is 0 Å². The first-order valence-corrected chi connectivity index (χ1v) is 37.5. The SMILES string of the molecule is CCCCCCCCCCCCC(CCCCCCCCCC)(CCCCCCCCCCC)C(CCCCCCCC)(CCCCCCCCC)C(CCCCCC)(CCCCCCC)CCCCCCCCCC. The molecule has 3 atom stereocenters. The lowest BCUT2D eigenvalue weighted by Gasteiger charge is -2.64. The van der Waals surface area contributed by atoms with Gasteiger partial charge in [0.15, 0.2) is 0 Å². The lowest BCUT2D eigenvalue weighted by molar-refractivity contribution is -0.140. The third-order valence-electron chi connectivity index (χ3n) is 20.2. The zero-order chi connectivity index (χ0) is 55.5. The molecule has 0 nitrogen and oxygen atoms in total. The highest BCUT2D eigenvalue weighted by Crippen LogP contribution is 2.69. The lowest BCUT2D eigenvalue weighted by Crippen LogP contribution is -2.54. The van der Waals surface area contributed by atoms with Crippen LogP contribution >= 0.6 is 0 Å². The molecule has 0 saturated carbocycles. The van der Waals surface area contributed by atoms with Crippen molar-refractivity contribution in [1.82, 2.24) is 0 Å². The van der Waals surface area contributed by atoms with Gasteiger partial charge in [-0.1, -0.05) is 421 Å². The molecule has 0 heteroatoms. The van der Waals surface area contributed by atoms with Crippen LogP contribution in [0, 0.1) is 16.2 Å². The van der Waals surface area contributed by atoms with Crippen LogP contribution in [0.5, 0.6) is 0 Å². The van der Waals surface area contributed by atoms with Gasteiger partial charge in [-0.15, -0.1) is 0 Å². The van der Waals surface area contributed by atoms with E-state index in [0.717, 1.165) is 0 Å². The highest BCUT2D eigenvalue weighted by molar-refractivity contribution is 5.08. The number of rotatable bonds is 67. The maximum Gasteiger partial charge on any atom is -0.0184 e. The van der Waals surface area contributed by atoms with Crippen molar-refractivity contribution in [2.75, 3.05) is 0 Å². The summed E-state index contributed by atoms with van der Waals surface area (Å²) < 4.78 is 0. The van der Waals surface area contributed by atoms with Crippen molar-refractivity contribution in [3.05, 3.63) is 0 Å². The van der Waals surface area contributed by atoms with Gasteiger partial charge in [0.1, 0.15) is 0 Å². The van der Waals surface area contributed by atoms with Crippen molar-refractivity contribution >= 4 is 0 Å². The molecule has 0 amide bonds. The molecule has 0 rings (SSSR count). The Bertz CT molecular complexity index is 1060. The summed E-state index contributed by atoms with van der Waals surface area (Å²) in [5.74, 6) is 0. The molecule has 0 aromatic rings. The first-order valence-electron chi connectivity index (χ1n) is 37.5. The first kappa shape index (κ1) is 76.0. The Kier molecular flexibility index (Phi) is 59.6. The smallest absolute Gasteiger partial charge is 0.0184 e. The van der Waals surface area contributed by atoms with E-state index in [1.807, 2.05) is 0 Å². The number of unbranched alkanes of at least 4 members (excludes halogenated alkanes) is 49. The largest absolute Gasteiger partial charge is 0.0654 e. The van der Waals surface area contributed by atoms with Crippen LogP contribution in [0.3, 0.4) is 0 Å². The highest BCUT2D eigenvalue weighted by Gasteiger charge is 2.59. The van der Waals surface area contributed by atoms with Gasteiger partial charge in [0.2, 0.25) is 0 Å². The fraction of sp³-hybridized carbons (Fsp3) is 1.00. The zero-order valence-electron chi connectivity index (χ0n) is 55.5. The van der Waals surface area contributed by atoms with Gasteiger partial charge in [-0.2, -0.15) is 0 Å². The second-order valence-corrected chi connectivity index (χ2v) is 27.0. The molecule has 76 heavy (non-hydrogen) atoms. The van der Waals surface area contributed by atoms with E-state index in [1.165, 1.54) is 366 Å². The molecule has 0 spiro atoms. The lowest BCUT2D eigenvalue weighted by atomic mass is 9.41. The molecule has 3 unspecified atom stereocenters. The number of hydrogen-bond acceptors (Lipinski definition) is 0. The summed E-state index contributed by atoms with van der Waals surface area (Å²) in [7, 11) is 0. The topological polar surface area (TPSA) is 0 Å². The molecule has 0 saturated heterocycles. The van der Waals surface area contributed by atoms with Crippen molar-refractivity contribution in [3.63, 3.8) is 0 Å². The minimum absolute atomic E-state index is 0.479. The Morgan fingerprint density at radius 1 is 0.118 bits per heavy atom.